The van der Waals surface area contributed by atoms with Crippen LogP contribution in [-0.4, -0.2) is 25.1 Å². The van der Waals surface area contributed by atoms with E-state index < -0.39 is 0 Å². The molecule has 0 spiro atoms. The summed E-state index contributed by atoms with van der Waals surface area (Å²) in [5.41, 5.74) is 4.67. The van der Waals surface area contributed by atoms with Crippen molar-refractivity contribution in [3.63, 3.8) is 0 Å². The molecule has 3 fully saturated rings. The molecule has 1 aliphatic heterocycles. The summed E-state index contributed by atoms with van der Waals surface area (Å²) in [5, 5.41) is 0. The zero-order valence-electron chi connectivity index (χ0n) is 16.9. The van der Waals surface area contributed by atoms with Gasteiger partial charge in [-0.05, 0) is 92.7 Å². The first kappa shape index (κ1) is 17.7. The van der Waals surface area contributed by atoms with Crippen molar-refractivity contribution >= 4 is 5.78 Å². The Morgan fingerprint density at radius 3 is 2.81 bits per heavy atom. The minimum Gasteiger partial charge on any atom is -0.490 e. The second-order valence-corrected chi connectivity index (χ2v) is 9.74. The van der Waals surface area contributed by atoms with Crippen molar-refractivity contribution in [1.29, 1.82) is 0 Å². The summed E-state index contributed by atoms with van der Waals surface area (Å²) in [5.74, 6) is 3.81. The summed E-state index contributed by atoms with van der Waals surface area (Å²) in [7, 11) is 0. The minimum absolute atomic E-state index is 0.219. The Morgan fingerprint density at radius 2 is 2.07 bits per heavy atom. The SMILES string of the molecule is CC(=O)[C@H]1CC[C@H]2[C@@H]3CCc4c(C)ccc(OCC5CO5)c4[C@H]3CC[C@]12C. The van der Waals surface area contributed by atoms with E-state index in [2.05, 4.69) is 26.0 Å². The van der Waals surface area contributed by atoms with Gasteiger partial charge in [-0.1, -0.05) is 13.0 Å². The van der Waals surface area contributed by atoms with Crippen LogP contribution in [0, 0.1) is 30.1 Å². The number of aryl methyl sites for hydroxylation is 1. The average Bonchev–Trinajstić information content (AvgIpc) is 3.40. The topological polar surface area (TPSA) is 38.8 Å². The number of benzene rings is 1. The fourth-order valence-corrected chi connectivity index (χ4v) is 6.99. The third-order valence-electron chi connectivity index (χ3n) is 8.40. The summed E-state index contributed by atoms with van der Waals surface area (Å²) in [6.45, 7) is 8.00. The monoisotopic (exact) mass is 368 g/mol. The number of Topliss-reactive ketones (excluding diaryl/α,β-unsaturated/α-hetero) is 1. The van der Waals surface area contributed by atoms with Gasteiger partial charge in [0, 0.05) is 11.5 Å². The molecule has 4 aliphatic rings. The molecule has 27 heavy (non-hydrogen) atoms. The molecule has 3 nitrogen and oxygen atoms in total. The maximum absolute atomic E-state index is 12.3. The second kappa shape index (κ2) is 6.34. The lowest BCUT2D eigenvalue weighted by Gasteiger charge is -2.51. The molecule has 0 bridgehead atoms. The summed E-state index contributed by atoms with van der Waals surface area (Å²) in [4.78, 5) is 12.3. The highest BCUT2D eigenvalue weighted by Gasteiger charge is 2.56. The van der Waals surface area contributed by atoms with Crippen LogP contribution in [0.25, 0.3) is 0 Å². The van der Waals surface area contributed by atoms with Crippen molar-refractivity contribution < 1.29 is 14.3 Å². The third-order valence-corrected chi connectivity index (χ3v) is 8.40. The van der Waals surface area contributed by atoms with E-state index in [-0.39, 0.29) is 11.3 Å². The van der Waals surface area contributed by atoms with Crippen LogP contribution in [0.3, 0.4) is 0 Å². The van der Waals surface area contributed by atoms with Crippen LogP contribution in [0.2, 0.25) is 0 Å². The average molecular weight is 369 g/mol. The molecule has 1 saturated heterocycles. The standard InChI is InChI=1S/C24H32O3/c1-14-4-9-22(27-13-16-12-26-16)23-17(14)5-6-18-19(23)10-11-24(3)20(15(2)25)7-8-21(18)24/h4,9,16,18-21H,5-8,10-13H2,1-3H3/t16?,18-,19+,20-,21+,24-/m1/s1. The Morgan fingerprint density at radius 1 is 1.26 bits per heavy atom. The molecule has 1 aromatic carbocycles. The number of hydrogen-bond acceptors (Lipinski definition) is 3. The molecule has 1 unspecified atom stereocenters. The Bertz CT molecular complexity index is 765. The van der Waals surface area contributed by atoms with E-state index in [4.69, 9.17) is 9.47 Å². The van der Waals surface area contributed by atoms with Gasteiger partial charge in [0.2, 0.25) is 0 Å². The molecule has 0 amide bonds. The van der Waals surface area contributed by atoms with Crippen molar-refractivity contribution in [2.75, 3.05) is 13.2 Å². The lowest BCUT2D eigenvalue weighted by Crippen LogP contribution is -2.43. The maximum atomic E-state index is 12.3. The first-order chi connectivity index (χ1) is 13.0. The van der Waals surface area contributed by atoms with Gasteiger partial charge in [-0.25, -0.2) is 0 Å². The zero-order valence-corrected chi connectivity index (χ0v) is 16.9. The fourth-order valence-electron chi connectivity index (χ4n) is 6.99. The number of ether oxygens (including phenoxy) is 2. The van der Waals surface area contributed by atoms with Crippen molar-refractivity contribution in [3.8, 4) is 5.75 Å². The lowest BCUT2D eigenvalue weighted by molar-refractivity contribution is -0.125. The number of fused-ring (bicyclic) bond motifs is 5. The fraction of sp³-hybridized carbons (Fsp3) is 0.708. The van der Waals surface area contributed by atoms with Crippen molar-refractivity contribution in [3.05, 3.63) is 28.8 Å². The number of rotatable bonds is 4. The number of epoxide rings is 1. The Hall–Kier alpha value is -1.35. The van der Waals surface area contributed by atoms with E-state index >= 15 is 0 Å². The number of carbonyl (C=O) groups excluding carboxylic acids is 1. The van der Waals surface area contributed by atoms with Crippen LogP contribution in [0.5, 0.6) is 5.75 Å². The molecular formula is C24H32O3. The summed E-state index contributed by atoms with van der Waals surface area (Å²) >= 11 is 0. The molecule has 6 atom stereocenters. The van der Waals surface area contributed by atoms with E-state index in [9.17, 15) is 4.79 Å². The molecule has 0 radical (unpaired) electrons. The molecule has 5 rings (SSSR count). The van der Waals surface area contributed by atoms with Crippen LogP contribution in [-0.2, 0) is 16.0 Å². The Kier molecular flexibility index (Phi) is 4.16. The normalized spacial score (nSPS) is 39.3. The Labute approximate surface area is 162 Å². The van der Waals surface area contributed by atoms with Crippen molar-refractivity contribution in [2.45, 2.75) is 71.3 Å². The highest BCUT2D eigenvalue weighted by molar-refractivity contribution is 5.79. The van der Waals surface area contributed by atoms with Crippen LogP contribution in [0.1, 0.15) is 68.6 Å². The molecular weight excluding hydrogens is 336 g/mol. The van der Waals surface area contributed by atoms with Crippen molar-refractivity contribution in [1.82, 2.24) is 0 Å². The van der Waals surface area contributed by atoms with Gasteiger partial charge in [0.25, 0.3) is 0 Å². The number of carbonyl (C=O) groups is 1. The quantitative estimate of drug-likeness (QED) is 0.714. The van der Waals surface area contributed by atoms with Gasteiger partial charge >= 0.3 is 0 Å². The van der Waals surface area contributed by atoms with E-state index in [1.807, 2.05) is 6.92 Å². The van der Waals surface area contributed by atoms with Gasteiger partial charge in [0.15, 0.2) is 0 Å². The van der Waals surface area contributed by atoms with E-state index in [0.717, 1.165) is 25.2 Å². The van der Waals surface area contributed by atoms with Gasteiger partial charge < -0.3 is 9.47 Å². The highest BCUT2D eigenvalue weighted by Crippen LogP contribution is 2.64. The third kappa shape index (κ3) is 2.76. The van der Waals surface area contributed by atoms with Gasteiger partial charge in [0.1, 0.15) is 24.2 Å². The van der Waals surface area contributed by atoms with Gasteiger partial charge in [-0.2, -0.15) is 0 Å². The summed E-state index contributed by atoms with van der Waals surface area (Å²) in [6, 6.07) is 4.43. The first-order valence-corrected chi connectivity index (χ1v) is 10.9. The molecule has 146 valence electrons. The predicted molar refractivity (Wildman–Crippen MR) is 105 cm³/mol. The van der Waals surface area contributed by atoms with Crippen LogP contribution >= 0.6 is 0 Å². The van der Waals surface area contributed by atoms with Crippen molar-refractivity contribution in [2.24, 2.45) is 23.2 Å². The van der Waals surface area contributed by atoms with E-state index in [0.29, 0.717) is 36.2 Å². The summed E-state index contributed by atoms with van der Waals surface area (Å²) in [6.07, 6.45) is 7.45. The van der Waals surface area contributed by atoms with Crippen LogP contribution < -0.4 is 4.74 Å². The summed E-state index contributed by atoms with van der Waals surface area (Å²) < 4.78 is 11.6. The predicted octanol–water partition coefficient (Wildman–Crippen LogP) is 4.83. The van der Waals surface area contributed by atoms with Gasteiger partial charge in [-0.15, -0.1) is 0 Å². The zero-order chi connectivity index (χ0) is 18.8. The van der Waals surface area contributed by atoms with Gasteiger partial charge in [-0.3, -0.25) is 4.79 Å². The minimum atomic E-state index is 0.219. The highest BCUT2D eigenvalue weighted by atomic mass is 16.6. The van der Waals surface area contributed by atoms with Crippen LogP contribution in [0.15, 0.2) is 12.1 Å². The molecule has 3 heteroatoms. The molecule has 3 aliphatic carbocycles. The second-order valence-electron chi connectivity index (χ2n) is 9.74. The largest absolute Gasteiger partial charge is 0.490 e. The molecule has 1 aromatic rings. The van der Waals surface area contributed by atoms with E-state index in [1.165, 1.54) is 42.4 Å². The van der Waals surface area contributed by atoms with E-state index in [1.54, 1.807) is 0 Å². The van der Waals surface area contributed by atoms with Gasteiger partial charge in [0.05, 0.1) is 6.61 Å². The smallest absolute Gasteiger partial charge is 0.133 e. The first-order valence-electron chi connectivity index (χ1n) is 10.9. The molecule has 2 saturated carbocycles. The maximum Gasteiger partial charge on any atom is 0.133 e. The number of hydrogen-bond donors (Lipinski definition) is 0. The molecule has 0 N–H and O–H groups in total. The lowest BCUT2D eigenvalue weighted by atomic mass is 9.53. The molecule has 1 heterocycles. The van der Waals surface area contributed by atoms with Crippen LogP contribution in [0.4, 0.5) is 0 Å². The number of ketones is 1. The Balaban J connectivity index is 1.49. The molecule has 0 aromatic heterocycles.